The van der Waals surface area contributed by atoms with Crippen LogP contribution < -0.4 is 16.4 Å². The van der Waals surface area contributed by atoms with Crippen molar-refractivity contribution >= 4 is 17.9 Å². The topological polar surface area (TPSA) is 111 Å². The minimum atomic E-state index is -1.10. The summed E-state index contributed by atoms with van der Waals surface area (Å²) in [6, 6.07) is 6.85. The molecule has 3 amide bonds. The van der Waals surface area contributed by atoms with Crippen LogP contribution in [0.4, 0.5) is 4.79 Å². The van der Waals surface area contributed by atoms with Crippen molar-refractivity contribution in [3.63, 3.8) is 0 Å². The maximum Gasteiger partial charge on any atom is 0.408 e. The summed E-state index contributed by atoms with van der Waals surface area (Å²) in [6.45, 7) is 7.28. The first-order valence-corrected chi connectivity index (χ1v) is 10.2. The fourth-order valence-electron chi connectivity index (χ4n) is 3.54. The van der Waals surface area contributed by atoms with Crippen molar-refractivity contribution < 1.29 is 19.1 Å². The number of carbonyl (C=O) groups excluding carboxylic acids is 3. The molecule has 2 rings (SSSR count). The zero-order valence-electron chi connectivity index (χ0n) is 17.8. The summed E-state index contributed by atoms with van der Waals surface area (Å²) in [6.07, 6.45) is 3.26. The van der Waals surface area contributed by atoms with Crippen LogP contribution in [0.25, 0.3) is 0 Å². The summed E-state index contributed by atoms with van der Waals surface area (Å²) in [5, 5.41) is 5.55. The molecule has 7 nitrogen and oxygen atoms in total. The third-order valence-electron chi connectivity index (χ3n) is 5.09. The Morgan fingerprint density at radius 1 is 1.10 bits per heavy atom. The number of hydrogen-bond donors (Lipinski definition) is 3. The molecule has 0 spiro atoms. The van der Waals surface area contributed by atoms with Crippen LogP contribution in [-0.4, -0.2) is 35.1 Å². The van der Waals surface area contributed by atoms with Gasteiger partial charge in [-0.15, -0.1) is 0 Å². The largest absolute Gasteiger partial charge is 0.444 e. The molecule has 0 unspecified atom stereocenters. The Balaban J connectivity index is 2.14. The summed E-state index contributed by atoms with van der Waals surface area (Å²) < 4.78 is 5.35. The van der Waals surface area contributed by atoms with E-state index in [1.165, 1.54) is 0 Å². The molecule has 29 heavy (non-hydrogen) atoms. The van der Waals surface area contributed by atoms with Gasteiger partial charge < -0.3 is 21.1 Å². The van der Waals surface area contributed by atoms with E-state index in [2.05, 4.69) is 10.6 Å². The number of nitrogens with one attached hydrogen (secondary N) is 2. The molecule has 0 radical (unpaired) electrons. The molecule has 0 bridgehead atoms. The predicted octanol–water partition coefficient (Wildman–Crippen LogP) is 2.74. The van der Waals surface area contributed by atoms with Crippen molar-refractivity contribution in [3.05, 3.63) is 35.4 Å². The van der Waals surface area contributed by atoms with Crippen molar-refractivity contribution in [1.29, 1.82) is 0 Å². The van der Waals surface area contributed by atoms with Gasteiger partial charge in [-0.2, -0.15) is 0 Å². The first-order chi connectivity index (χ1) is 13.5. The summed E-state index contributed by atoms with van der Waals surface area (Å²) >= 11 is 0. The maximum atomic E-state index is 13.2. The number of benzene rings is 1. The van der Waals surface area contributed by atoms with Crippen LogP contribution in [0, 0.1) is 6.92 Å². The van der Waals surface area contributed by atoms with Crippen molar-refractivity contribution in [2.45, 2.75) is 83.4 Å². The van der Waals surface area contributed by atoms with Gasteiger partial charge >= 0.3 is 6.09 Å². The zero-order valence-corrected chi connectivity index (χ0v) is 17.8. The molecule has 1 atom stereocenters. The molecule has 0 aliphatic heterocycles. The van der Waals surface area contributed by atoms with Crippen LogP contribution in [-0.2, 0) is 20.7 Å². The Morgan fingerprint density at radius 3 is 2.21 bits per heavy atom. The molecule has 1 aliphatic rings. The number of nitrogens with two attached hydrogens (primary N) is 1. The van der Waals surface area contributed by atoms with E-state index >= 15 is 0 Å². The number of amides is 3. The van der Waals surface area contributed by atoms with Gasteiger partial charge in [0.15, 0.2) is 0 Å². The van der Waals surface area contributed by atoms with Gasteiger partial charge in [-0.05, 0) is 46.1 Å². The molecular weight excluding hydrogens is 370 g/mol. The van der Waals surface area contributed by atoms with E-state index in [0.717, 1.165) is 30.4 Å². The lowest BCUT2D eigenvalue weighted by Crippen LogP contribution is -2.63. The number of ether oxygens (including phenoxy) is 1. The second-order valence-electron chi connectivity index (χ2n) is 8.89. The molecule has 0 heterocycles. The van der Waals surface area contributed by atoms with Gasteiger partial charge in [0.2, 0.25) is 11.8 Å². The molecule has 1 saturated carbocycles. The average Bonchev–Trinajstić information content (AvgIpc) is 2.61. The zero-order chi connectivity index (χ0) is 21.7. The van der Waals surface area contributed by atoms with Crippen LogP contribution in [0.3, 0.4) is 0 Å². The highest BCUT2D eigenvalue weighted by Gasteiger charge is 2.43. The average molecular weight is 404 g/mol. The van der Waals surface area contributed by atoms with Crippen LogP contribution in [0.15, 0.2) is 24.3 Å². The molecule has 1 fully saturated rings. The SMILES string of the molecule is Cc1ccc(C[C@H](NC(=O)C2(NC(=O)OC(C)(C)C)CCCCC2)C(N)=O)cc1. The number of hydrogen-bond acceptors (Lipinski definition) is 4. The molecule has 7 heteroatoms. The standard InChI is InChI=1S/C22H33N3O4/c1-15-8-10-16(11-9-15)14-17(18(23)26)24-19(27)22(12-6-5-7-13-22)25-20(28)29-21(2,3)4/h8-11,17H,5-7,12-14H2,1-4H3,(H2,23,26)(H,24,27)(H,25,28)/t17-/m0/s1. The molecule has 1 aliphatic carbocycles. The fourth-order valence-corrected chi connectivity index (χ4v) is 3.54. The summed E-state index contributed by atoms with van der Waals surface area (Å²) in [5.41, 5.74) is 5.80. The number of alkyl carbamates (subject to hydrolysis) is 1. The van der Waals surface area contributed by atoms with Crippen LogP contribution in [0.2, 0.25) is 0 Å². The van der Waals surface area contributed by atoms with E-state index in [1.807, 2.05) is 31.2 Å². The fraction of sp³-hybridized carbons (Fsp3) is 0.591. The van der Waals surface area contributed by atoms with Crippen molar-refractivity contribution in [1.82, 2.24) is 10.6 Å². The molecule has 4 N–H and O–H groups in total. The third-order valence-corrected chi connectivity index (χ3v) is 5.09. The van der Waals surface area contributed by atoms with Gasteiger partial charge in [0, 0.05) is 6.42 Å². The van der Waals surface area contributed by atoms with E-state index in [-0.39, 0.29) is 5.91 Å². The van der Waals surface area contributed by atoms with Crippen molar-refractivity contribution in [3.8, 4) is 0 Å². The Labute approximate surface area is 172 Å². The van der Waals surface area contributed by atoms with Crippen molar-refractivity contribution in [2.75, 3.05) is 0 Å². The maximum absolute atomic E-state index is 13.2. The van der Waals surface area contributed by atoms with E-state index in [9.17, 15) is 14.4 Å². The summed E-state index contributed by atoms with van der Waals surface area (Å²) in [5.74, 6) is -0.999. The highest BCUT2D eigenvalue weighted by molar-refractivity contribution is 5.94. The first-order valence-electron chi connectivity index (χ1n) is 10.2. The lowest BCUT2D eigenvalue weighted by molar-refractivity contribution is -0.133. The third kappa shape index (κ3) is 6.76. The highest BCUT2D eigenvalue weighted by Crippen LogP contribution is 2.29. The van der Waals surface area contributed by atoms with Crippen LogP contribution in [0.1, 0.15) is 64.0 Å². The lowest BCUT2D eigenvalue weighted by atomic mass is 9.80. The van der Waals surface area contributed by atoms with E-state index in [0.29, 0.717) is 19.3 Å². The summed E-state index contributed by atoms with van der Waals surface area (Å²) in [7, 11) is 0. The number of primary amides is 1. The molecule has 160 valence electrons. The number of rotatable bonds is 6. The molecule has 0 aromatic heterocycles. The molecular formula is C22H33N3O4. The smallest absolute Gasteiger partial charge is 0.408 e. The Bertz CT molecular complexity index is 731. The minimum Gasteiger partial charge on any atom is -0.444 e. The number of carbonyl (C=O) groups is 3. The van der Waals surface area contributed by atoms with Gasteiger partial charge in [0.05, 0.1) is 0 Å². The van der Waals surface area contributed by atoms with Gasteiger partial charge in [0.25, 0.3) is 0 Å². The second-order valence-corrected chi connectivity index (χ2v) is 8.89. The van der Waals surface area contributed by atoms with Gasteiger partial charge in [-0.1, -0.05) is 49.1 Å². The quantitative estimate of drug-likeness (QED) is 0.678. The predicted molar refractivity (Wildman–Crippen MR) is 111 cm³/mol. The Kier molecular flexibility index (Phi) is 7.27. The Hall–Kier alpha value is -2.57. The first kappa shape index (κ1) is 22.7. The van der Waals surface area contributed by atoms with E-state index in [4.69, 9.17) is 10.5 Å². The van der Waals surface area contributed by atoms with Gasteiger partial charge in [0.1, 0.15) is 17.2 Å². The monoisotopic (exact) mass is 403 g/mol. The Morgan fingerprint density at radius 2 is 1.69 bits per heavy atom. The lowest BCUT2D eigenvalue weighted by Gasteiger charge is -2.37. The molecule has 1 aromatic rings. The van der Waals surface area contributed by atoms with Gasteiger partial charge in [-0.3, -0.25) is 9.59 Å². The number of aryl methyl sites for hydroxylation is 1. The highest BCUT2D eigenvalue weighted by atomic mass is 16.6. The minimum absolute atomic E-state index is 0.296. The summed E-state index contributed by atoms with van der Waals surface area (Å²) in [4.78, 5) is 37.6. The van der Waals surface area contributed by atoms with Crippen molar-refractivity contribution in [2.24, 2.45) is 5.73 Å². The molecule has 0 saturated heterocycles. The normalized spacial score (nSPS) is 17.1. The van der Waals surface area contributed by atoms with Crippen LogP contribution >= 0.6 is 0 Å². The van der Waals surface area contributed by atoms with E-state index in [1.54, 1.807) is 20.8 Å². The molecule has 1 aromatic carbocycles. The second kappa shape index (κ2) is 9.29. The van der Waals surface area contributed by atoms with Gasteiger partial charge in [-0.25, -0.2) is 4.79 Å². The van der Waals surface area contributed by atoms with Crippen LogP contribution in [0.5, 0.6) is 0 Å². The van der Waals surface area contributed by atoms with E-state index < -0.39 is 29.2 Å².